The number of hydrogen-bond donors (Lipinski definition) is 2. The van der Waals surface area contributed by atoms with Crippen molar-refractivity contribution in [1.29, 1.82) is 0 Å². The zero-order valence-electron chi connectivity index (χ0n) is 12.5. The van der Waals surface area contributed by atoms with Crippen molar-refractivity contribution in [3.63, 3.8) is 0 Å². The quantitative estimate of drug-likeness (QED) is 0.850. The highest BCUT2D eigenvalue weighted by Gasteiger charge is 2.22. The van der Waals surface area contributed by atoms with Crippen molar-refractivity contribution in [3.8, 4) is 0 Å². The minimum absolute atomic E-state index is 0.343. The highest BCUT2D eigenvalue weighted by Crippen LogP contribution is 2.29. The van der Waals surface area contributed by atoms with E-state index in [1.165, 1.54) is 25.7 Å². The molecular formula is C15H26N4. The summed E-state index contributed by atoms with van der Waals surface area (Å²) in [6.07, 6.45) is 5.43. The minimum Gasteiger partial charge on any atom is -0.373 e. The first-order valence-electron chi connectivity index (χ1n) is 7.43. The topological polar surface area (TPSA) is 49.8 Å². The van der Waals surface area contributed by atoms with E-state index in [0.717, 1.165) is 23.4 Å². The SMILES string of the molecule is CNc1cc(NC(C)C2CCCC2)nc(C(C)C)n1. The Kier molecular flexibility index (Phi) is 4.61. The first-order valence-corrected chi connectivity index (χ1v) is 7.43. The van der Waals surface area contributed by atoms with Gasteiger partial charge in [0.2, 0.25) is 0 Å². The summed E-state index contributed by atoms with van der Waals surface area (Å²) in [5.74, 6) is 3.86. The van der Waals surface area contributed by atoms with Gasteiger partial charge in [-0.25, -0.2) is 9.97 Å². The lowest BCUT2D eigenvalue weighted by Crippen LogP contribution is -2.24. The van der Waals surface area contributed by atoms with Gasteiger partial charge in [-0.2, -0.15) is 0 Å². The molecule has 1 unspecified atom stereocenters. The maximum Gasteiger partial charge on any atom is 0.135 e. The molecule has 1 aliphatic rings. The Hall–Kier alpha value is -1.32. The molecule has 2 rings (SSSR count). The molecule has 2 N–H and O–H groups in total. The Bertz CT molecular complexity index is 411. The van der Waals surface area contributed by atoms with Gasteiger partial charge in [-0.15, -0.1) is 0 Å². The number of hydrogen-bond acceptors (Lipinski definition) is 4. The van der Waals surface area contributed by atoms with Crippen LogP contribution < -0.4 is 10.6 Å². The van der Waals surface area contributed by atoms with Crippen molar-refractivity contribution in [3.05, 3.63) is 11.9 Å². The maximum absolute atomic E-state index is 4.63. The lowest BCUT2D eigenvalue weighted by molar-refractivity contribution is 0.481. The van der Waals surface area contributed by atoms with Crippen molar-refractivity contribution in [1.82, 2.24) is 9.97 Å². The van der Waals surface area contributed by atoms with E-state index in [2.05, 4.69) is 41.4 Å². The van der Waals surface area contributed by atoms with E-state index < -0.39 is 0 Å². The highest BCUT2D eigenvalue weighted by atomic mass is 15.1. The van der Waals surface area contributed by atoms with Gasteiger partial charge in [0, 0.05) is 25.1 Å². The Morgan fingerprint density at radius 3 is 2.32 bits per heavy atom. The molecule has 1 aromatic heterocycles. The van der Waals surface area contributed by atoms with Gasteiger partial charge in [-0.05, 0) is 25.7 Å². The van der Waals surface area contributed by atoms with Crippen LogP contribution in [0.1, 0.15) is 58.2 Å². The third-order valence-electron chi connectivity index (χ3n) is 4.00. The van der Waals surface area contributed by atoms with E-state index >= 15 is 0 Å². The van der Waals surface area contributed by atoms with Crippen LogP contribution in [0.5, 0.6) is 0 Å². The lowest BCUT2D eigenvalue weighted by Gasteiger charge is -2.21. The fraction of sp³-hybridized carbons (Fsp3) is 0.733. The van der Waals surface area contributed by atoms with Crippen LogP contribution in [0.4, 0.5) is 11.6 Å². The first-order chi connectivity index (χ1) is 9.10. The lowest BCUT2D eigenvalue weighted by atomic mass is 10.00. The molecule has 1 heterocycles. The monoisotopic (exact) mass is 262 g/mol. The van der Waals surface area contributed by atoms with Crippen molar-refractivity contribution in [2.24, 2.45) is 5.92 Å². The van der Waals surface area contributed by atoms with Gasteiger partial charge in [-0.3, -0.25) is 0 Å². The summed E-state index contributed by atoms with van der Waals surface area (Å²) in [5, 5.41) is 6.68. The highest BCUT2D eigenvalue weighted by molar-refractivity contribution is 5.48. The Balaban J connectivity index is 2.11. The molecule has 1 fully saturated rings. The number of aromatic nitrogens is 2. The molecule has 4 nitrogen and oxygen atoms in total. The fourth-order valence-electron chi connectivity index (χ4n) is 2.73. The van der Waals surface area contributed by atoms with Crippen LogP contribution in [0.2, 0.25) is 0 Å². The fourth-order valence-corrected chi connectivity index (χ4v) is 2.73. The van der Waals surface area contributed by atoms with E-state index in [-0.39, 0.29) is 0 Å². The van der Waals surface area contributed by atoms with Crippen LogP contribution in [-0.4, -0.2) is 23.1 Å². The van der Waals surface area contributed by atoms with Gasteiger partial charge < -0.3 is 10.6 Å². The van der Waals surface area contributed by atoms with Gasteiger partial charge in [-0.1, -0.05) is 26.7 Å². The standard InChI is InChI=1S/C15H26N4/c1-10(2)15-18-13(16-4)9-14(19-15)17-11(3)12-7-5-6-8-12/h9-12H,5-8H2,1-4H3,(H2,16,17,18,19). The van der Waals surface area contributed by atoms with Crippen LogP contribution in [0.3, 0.4) is 0 Å². The molecule has 0 amide bonds. The summed E-state index contributed by atoms with van der Waals surface area (Å²) in [4.78, 5) is 9.12. The van der Waals surface area contributed by atoms with E-state index in [1.807, 2.05) is 13.1 Å². The number of nitrogens with one attached hydrogen (secondary N) is 2. The van der Waals surface area contributed by atoms with E-state index in [9.17, 15) is 0 Å². The van der Waals surface area contributed by atoms with Gasteiger partial charge in [0.05, 0.1) is 0 Å². The van der Waals surface area contributed by atoms with Crippen LogP contribution in [0.15, 0.2) is 6.07 Å². The Labute approximate surface area is 116 Å². The molecule has 1 aromatic rings. The molecule has 19 heavy (non-hydrogen) atoms. The molecular weight excluding hydrogens is 236 g/mol. The average Bonchev–Trinajstić information content (AvgIpc) is 2.92. The van der Waals surface area contributed by atoms with Gasteiger partial charge in [0.25, 0.3) is 0 Å². The summed E-state index contributed by atoms with van der Waals surface area (Å²) in [5.41, 5.74) is 0. The number of rotatable bonds is 5. The maximum atomic E-state index is 4.63. The van der Waals surface area contributed by atoms with Gasteiger partial charge >= 0.3 is 0 Å². The summed E-state index contributed by atoms with van der Waals surface area (Å²) < 4.78 is 0. The second-order valence-corrected chi connectivity index (χ2v) is 5.88. The molecule has 0 spiro atoms. The first kappa shape index (κ1) is 14.1. The van der Waals surface area contributed by atoms with Crippen molar-refractivity contribution >= 4 is 11.6 Å². The molecule has 106 valence electrons. The molecule has 4 heteroatoms. The molecule has 0 radical (unpaired) electrons. The largest absolute Gasteiger partial charge is 0.373 e. The van der Waals surface area contributed by atoms with E-state index in [4.69, 9.17) is 0 Å². The zero-order valence-corrected chi connectivity index (χ0v) is 12.5. The molecule has 0 aromatic carbocycles. The number of nitrogens with zero attached hydrogens (tertiary/aromatic N) is 2. The second-order valence-electron chi connectivity index (χ2n) is 5.88. The van der Waals surface area contributed by atoms with Crippen molar-refractivity contribution in [2.45, 2.75) is 58.4 Å². The summed E-state index contributed by atoms with van der Waals surface area (Å²) in [6, 6.07) is 2.49. The van der Waals surface area contributed by atoms with Crippen LogP contribution in [-0.2, 0) is 0 Å². The average molecular weight is 262 g/mol. The van der Waals surface area contributed by atoms with Gasteiger partial charge in [0.15, 0.2) is 0 Å². The van der Waals surface area contributed by atoms with Crippen molar-refractivity contribution < 1.29 is 0 Å². The molecule has 1 aliphatic carbocycles. The third-order valence-corrected chi connectivity index (χ3v) is 4.00. The van der Waals surface area contributed by atoms with Crippen LogP contribution in [0.25, 0.3) is 0 Å². The van der Waals surface area contributed by atoms with Crippen LogP contribution >= 0.6 is 0 Å². The molecule has 0 bridgehead atoms. The summed E-state index contributed by atoms with van der Waals surface area (Å²) in [7, 11) is 1.90. The normalized spacial score (nSPS) is 17.7. The molecule has 0 aliphatic heterocycles. The third kappa shape index (κ3) is 3.58. The van der Waals surface area contributed by atoms with Crippen molar-refractivity contribution in [2.75, 3.05) is 17.7 Å². The number of anilines is 2. The predicted octanol–water partition coefficient (Wildman–Crippen LogP) is 3.63. The Morgan fingerprint density at radius 2 is 1.74 bits per heavy atom. The van der Waals surface area contributed by atoms with E-state index in [0.29, 0.717) is 12.0 Å². The predicted molar refractivity (Wildman–Crippen MR) is 80.7 cm³/mol. The summed E-state index contributed by atoms with van der Waals surface area (Å²) in [6.45, 7) is 6.52. The minimum atomic E-state index is 0.343. The van der Waals surface area contributed by atoms with E-state index in [1.54, 1.807) is 0 Å². The van der Waals surface area contributed by atoms with Gasteiger partial charge in [0.1, 0.15) is 17.5 Å². The van der Waals surface area contributed by atoms with Crippen LogP contribution in [0, 0.1) is 5.92 Å². The Morgan fingerprint density at radius 1 is 1.11 bits per heavy atom. The molecule has 0 saturated heterocycles. The second kappa shape index (κ2) is 6.22. The summed E-state index contributed by atoms with van der Waals surface area (Å²) >= 11 is 0. The smallest absolute Gasteiger partial charge is 0.135 e. The zero-order chi connectivity index (χ0) is 13.8. The molecule has 1 atom stereocenters. The molecule has 1 saturated carbocycles.